The Bertz CT molecular complexity index is 128. The van der Waals surface area contributed by atoms with Gasteiger partial charge < -0.3 is 5.21 Å². The Labute approximate surface area is 40.6 Å². The van der Waals surface area contributed by atoms with Crippen LogP contribution in [0.25, 0.3) is 0 Å². The third-order valence-electron chi connectivity index (χ3n) is 1.03. The number of carbonyl (C=O) groups excluding carboxylic acids is 1. The fraction of sp³-hybridized carbons (Fsp3) is 0.500. The van der Waals surface area contributed by atoms with Crippen molar-refractivity contribution in [2.24, 2.45) is 5.16 Å². The standard InChI is InChI=1S/C4H5NO2/c6-4-2-1-3(4)5-7/h7H,1-2H2/b5-3+. The zero-order valence-electron chi connectivity index (χ0n) is 3.72. The Morgan fingerprint density at radius 1 is 1.57 bits per heavy atom. The average Bonchev–Trinajstić information content (AvgIpc) is 1.65. The molecular formula is C4H5NO2. The lowest BCUT2D eigenvalue weighted by Gasteiger charge is -2.08. The van der Waals surface area contributed by atoms with Crippen molar-refractivity contribution in [1.82, 2.24) is 0 Å². The summed E-state index contributed by atoms with van der Waals surface area (Å²) in [4.78, 5) is 10.2. The summed E-state index contributed by atoms with van der Waals surface area (Å²) in [5.74, 6) is -0.0255. The number of ketones is 1. The smallest absolute Gasteiger partial charge is 0.180 e. The van der Waals surface area contributed by atoms with E-state index in [0.29, 0.717) is 18.6 Å². The average molecular weight is 99.1 g/mol. The molecule has 0 radical (unpaired) electrons. The van der Waals surface area contributed by atoms with Gasteiger partial charge in [-0.2, -0.15) is 0 Å². The van der Waals surface area contributed by atoms with Crippen LogP contribution in [0.5, 0.6) is 0 Å². The number of rotatable bonds is 0. The van der Waals surface area contributed by atoms with Crippen LogP contribution in [-0.2, 0) is 4.79 Å². The summed E-state index contributed by atoms with van der Waals surface area (Å²) in [7, 11) is 0. The molecule has 38 valence electrons. The van der Waals surface area contributed by atoms with E-state index in [4.69, 9.17) is 5.21 Å². The number of carbonyl (C=O) groups is 1. The lowest BCUT2D eigenvalue weighted by molar-refractivity contribution is -0.115. The van der Waals surface area contributed by atoms with Crippen molar-refractivity contribution in [1.29, 1.82) is 0 Å². The van der Waals surface area contributed by atoms with Crippen molar-refractivity contribution >= 4 is 11.5 Å². The van der Waals surface area contributed by atoms with Crippen LogP contribution in [0.4, 0.5) is 0 Å². The molecule has 3 nitrogen and oxygen atoms in total. The lowest BCUT2D eigenvalue weighted by Crippen LogP contribution is -2.25. The van der Waals surface area contributed by atoms with Crippen LogP contribution in [0.3, 0.4) is 0 Å². The molecule has 0 aromatic heterocycles. The van der Waals surface area contributed by atoms with Gasteiger partial charge in [0.2, 0.25) is 0 Å². The third kappa shape index (κ3) is 0.493. The van der Waals surface area contributed by atoms with Gasteiger partial charge in [-0.05, 0) is 0 Å². The molecule has 0 aromatic carbocycles. The van der Waals surface area contributed by atoms with Gasteiger partial charge in [-0.3, -0.25) is 4.79 Å². The first-order valence-corrected chi connectivity index (χ1v) is 2.08. The van der Waals surface area contributed by atoms with Crippen molar-refractivity contribution in [2.45, 2.75) is 12.8 Å². The fourth-order valence-electron chi connectivity index (χ4n) is 0.445. The van der Waals surface area contributed by atoms with Crippen molar-refractivity contribution in [2.75, 3.05) is 0 Å². The maximum absolute atomic E-state index is 10.2. The van der Waals surface area contributed by atoms with Gasteiger partial charge in [0, 0.05) is 12.8 Å². The van der Waals surface area contributed by atoms with Crippen LogP contribution in [0.2, 0.25) is 0 Å². The summed E-state index contributed by atoms with van der Waals surface area (Å²) in [6.45, 7) is 0. The van der Waals surface area contributed by atoms with Crippen molar-refractivity contribution in [3.63, 3.8) is 0 Å². The summed E-state index contributed by atoms with van der Waals surface area (Å²) in [5, 5.41) is 10.7. The first-order chi connectivity index (χ1) is 3.34. The fourth-order valence-corrected chi connectivity index (χ4v) is 0.445. The van der Waals surface area contributed by atoms with Crippen LogP contribution in [0, 0.1) is 0 Å². The second-order valence-corrected chi connectivity index (χ2v) is 1.47. The molecule has 1 N–H and O–H groups in total. The summed E-state index contributed by atoms with van der Waals surface area (Å²) in [5.41, 5.74) is 0.319. The van der Waals surface area contributed by atoms with Gasteiger partial charge in [0.1, 0.15) is 5.71 Å². The second kappa shape index (κ2) is 1.33. The van der Waals surface area contributed by atoms with Gasteiger partial charge in [-0.25, -0.2) is 0 Å². The van der Waals surface area contributed by atoms with Gasteiger partial charge in [0.25, 0.3) is 0 Å². The number of hydrogen-bond acceptors (Lipinski definition) is 3. The minimum atomic E-state index is -0.0255. The van der Waals surface area contributed by atoms with Crippen molar-refractivity contribution in [3.05, 3.63) is 0 Å². The van der Waals surface area contributed by atoms with E-state index in [-0.39, 0.29) is 5.78 Å². The van der Waals surface area contributed by atoms with E-state index >= 15 is 0 Å². The minimum Gasteiger partial charge on any atom is -0.411 e. The Morgan fingerprint density at radius 2 is 2.29 bits per heavy atom. The van der Waals surface area contributed by atoms with Crippen LogP contribution in [-0.4, -0.2) is 16.7 Å². The summed E-state index contributed by atoms with van der Waals surface area (Å²) < 4.78 is 0. The second-order valence-electron chi connectivity index (χ2n) is 1.47. The topological polar surface area (TPSA) is 49.7 Å². The van der Waals surface area contributed by atoms with E-state index < -0.39 is 0 Å². The molecule has 0 atom stereocenters. The van der Waals surface area contributed by atoms with Crippen LogP contribution in [0.15, 0.2) is 5.16 Å². The van der Waals surface area contributed by atoms with E-state index in [1.165, 1.54) is 0 Å². The maximum atomic E-state index is 10.2. The highest BCUT2D eigenvalue weighted by atomic mass is 16.4. The maximum Gasteiger partial charge on any atom is 0.180 e. The summed E-state index contributed by atoms with van der Waals surface area (Å²) in [6.07, 6.45) is 1.20. The SMILES string of the molecule is O=C1CC/C1=N\O. The first-order valence-electron chi connectivity index (χ1n) is 2.08. The molecule has 0 unspecified atom stereocenters. The molecule has 0 bridgehead atoms. The molecule has 7 heavy (non-hydrogen) atoms. The highest BCUT2D eigenvalue weighted by molar-refractivity contribution is 6.45. The molecule has 0 aromatic rings. The molecule has 0 spiro atoms. The molecular weight excluding hydrogens is 94.0 g/mol. The van der Waals surface area contributed by atoms with Crippen LogP contribution < -0.4 is 0 Å². The minimum absolute atomic E-state index is 0.0255. The van der Waals surface area contributed by atoms with E-state index in [0.717, 1.165) is 0 Å². The molecule has 1 saturated carbocycles. The van der Waals surface area contributed by atoms with Gasteiger partial charge in [-0.1, -0.05) is 5.16 Å². The largest absolute Gasteiger partial charge is 0.411 e. The Balaban J connectivity index is 2.61. The molecule has 1 aliphatic carbocycles. The number of nitrogens with zero attached hydrogens (tertiary/aromatic N) is 1. The normalized spacial score (nSPS) is 25.1. The Morgan fingerprint density at radius 3 is 2.29 bits per heavy atom. The van der Waals surface area contributed by atoms with Gasteiger partial charge >= 0.3 is 0 Å². The predicted molar refractivity (Wildman–Crippen MR) is 23.5 cm³/mol. The zero-order valence-corrected chi connectivity index (χ0v) is 3.72. The quantitative estimate of drug-likeness (QED) is 0.348. The monoisotopic (exact) mass is 99.0 g/mol. The number of Topliss-reactive ketones (excluding diaryl/α,β-unsaturated/α-hetero) is 1. The van der Waals surface area contributed by atoms with E-state index in [2.05, 4.69) is 5.16 Å². The van der Waals surface area contributed by atoms with E-state index in [1.807, 2.05) is 0 Å². The molecule has 0 heterocycles. The van der Waals surface area contributed by atoms with E-state index in [1.54, 1.807) is 0 Å². The number of oxime groups is 1. The number of hydrogen-bond donors (Lipinski definition) is 1. The predicted octanol–water partition coefficient (Wildman–Crippen LogP) is 0.180. The Kier molecular flexibility index (Phi) is 0.817. The molecule has 0 aliphatic heterocycles. The summed E-state index contributed by atoms with van der Waals surface area (Å²) in [6, 6.07) is 0. The van der Waals surface area contributed by atoms with Crippen LogP contribution >= 0.6 is 0 Å². The highest BCUT2D eigenvalue weighted by Crippen LogP contribution is 2.08. The van der Waals surface area contributed by atoms with Crippen molar-refractivity contribution < 1.29 is 10.0 Å². The Hall–Kier alpha value is -0.860. The molecule has 1 rings (SSSR count). The molecule has 0 amide bonds. The van der Waals surface area contributed by atoms with Gasteiger partial charge in [-0.15, -0.1) is 0 Å². The molecule has 1 aliphatic rings. The molecule has 1 fully saturated rings. The highest BCUT2D eigenvalue weighted by Gasteiger charge is 2.22. The van der Waals surface area contributed by atoms with Crippen molar-refractivity contribution in [3.8, 4) is 0 Å². The van der Waals surface area contributed by atoms with Gasteiger partial charge in [0.05, 0.1) is 0 Å². The third-order valence-corrected chi connectivity index (χ3v) is 1.03. The zero-order chi connectivity index (χ0) is 5.28. The molecule has 0 saturated heterocycles. The van der Waals surface area contributed by atoms with Crippen LogP contribution in [0.1, 0.15) is 12.8 Å². The summed E-state index contributed by atoms with van der Waals surface area (Å²) >= 11 is 0. The van der Waals surface area contributed by atoms with Gasteiger partial charge in [0.15, 0.2) is 5.78 Å². The molecule has 3 heteroatoms. The lowest BCUT2D eigenvalue weighted by atomic mass is 9.96. The van der Waals surface area contributed by atoms with E-state index in [9.17, 15) is 4.79 Å². The first kappa shape index (κ1) is 4.30.